The standard InChI is InChI=1S/C7H15O7P/c1-4(9)7(14-15(2,12)13)6(11)5(10)3-8/h5-8,10-11H,3H2,1-2H3,(H,12,13)/t5-,6-,7+/m1/s1. The van der Waals surface area contributed by atoms with E-state index >= 15 is 0 Å². The molecule has 0 fully saturated rings. The van der Waals surface area contributed by atoms with Crippen LogP contribution in [0.5, 0.6) is 0 Å². The summed E-state index contributed by atoms with van der Waals surface area (Å²) in [6.45, 7) is 1.10. The Kier molecular flexibility index (Phi) is 5.58. The minimum absolute atomic E-state index is 0.717. The number of carbonyl (C=O) groups is 1. The third-order valence-electron chi connectivity index (χ3n) is 1.60. The fourth-order valence-electron chi connectivity index (χ4n) is 0.898. The van der Waals surface area contributed by atoms with E-state index in [1.165, 1.54) is 0 Å². The Hall–Kier alpha value is -0.300. The van der Waals surface area contributed by atoms with Crippen molar-refractivity contribution in [3.63, 3.8) is 0 Å². The first-order valence-electron chi connectivity index (χ1n) is 4.15. The van der Waals surface area contributed by atoms with Crippen molar-refractivity contribution in [1.29, 1.82) is 0 Å². The molecule has 0 aromatic heterocycles. The van der Waals surface area contributed by atoms with Crippen molar-refractivity contribution in [3.8, 4) is 0 Å². The maximum absolute atomic E-state index is 11.0. The molecule has 0 bridgehead atoms. The molecule has 8 heteroatoms. The second kappa shape index (κ2) is 5.69. The van der Waals surface area contributed by atoms with E-state index in [0.717, 1.165) is 13.6 Å². The van der Waals surface area contributed by atoms with Crippen molar-refractivity contribution in [3.05, 3.63) is 0 Å². The van der Waals surface area contributed by atoms with Gasteiger partial charge >= 0.3 is 7.60 Å². The van der Waals surface area contributed by atoms with Crippen LogP contribution in [-0.2, 0) is 13.9 Å². The highest BCUT2D eigenvalue weighted by Crippen LogP contribution is 2.39. The highest BCUT2D eigenvalue weighted by Gasteiger charge is 2.34. The molecule has 0 heterocycles. The molecule has 15 heavy (non-hydrogen) atoms. The monoisotopic (exact) mass is 242 g/mol. The van der Waals surface area contributed by atoms with Crippen LogP contribution in [0.15, 0.2) is 0 Å². The van der Waals surface area contributed by atoms with Crippen LogP contribution < -0.4 is 0 Å². The largest absolute Gasteiger partial charge is 0.394 e. The first-order chi connectivity index (χ1) is 6.69. The van der Waals surface area contributed by atoms with Crippen molar-refractivity contribution in [2.75, 3.05) is 13.3 Å². The van der Waals surface area contributed by atoms with Crippen molar-refractivity contribution in [1.82, 2.24) is 0 Å². The van der Waals surface area contributed by atoms with Crippen LogP contribution in [0.2, 0.25) is 0 Å². The molecule has 0 aliphatic carbocycles. The molecule has 0 radical (unpaired) electrons. The molecule has 90 valence electrons. The van der Waals surface area contributed by atoms with Crippen molar-refractivity contribution in [2.24, 2.45) is 0 Å². The lowest BCUT2D eigenvalue weighted by Crippen LogP contribution is -2.44. The summed E-state index contributed by atoms with van der Waals surface area (Å²) in [5.74, 6) is -0.717. The molecule has 0 saturated heterocycles. The Morgan fingerprint density at radius 3 is 2.20 bits per heavy atom. The van der Waals surface area contributed by atoms with Crippen LogP contribution in [-0.4, -0.2) is 57.6 Å². The molecule has 0 aromatic rings. The summed E-state index contributed by atoms with van der Waals surface area (Å²) in [5, 5.41) is 26.9. The van der Waals surface area contributed by atoms with Crippen LogP contribution >= 0.6 is 7.60 Å². The predicted octanol–water partition coefficient (Wildman–Crippen LogP) is -1.51. The summed E-state index contributed by atoms with van der Waals surface area (Å²) in [7, 11) is -3.95. The second-order valence-corrected chi connectivity index (χ2v) is 5.00. The quantitative estimate of drug-likeness (QED) is 0.417. The molecule has 0 spiro atoms. The minimum Gasteiger partial charge on any atom is -0.394 e. The van der Waals surface area contributed by atoms with Crippen molar-refractivity contribution >= 4 is 13.4 Å². The van der Waals surface area contributed by atoms with Gasteiger partial charge in [0.2, 0.25) is 0 Å². The second-order valence-electron chi connectivity index (χ2n) is 3.18. The van der Waals surface area contributed by atoms with Gasteiger partial charge in [-0.15, -0.1) is 0 Å². The van der Waals surface area contributed by atoms with Gasteiger partial charge in [0.1, 0.15) is 12.2 Å². The Labute approximate surface area is 86.8 Å². The molecule has 0 aliphatic heterocycles. The summed E-state index contributed by atoms with van der Waals surface area (Å²) >= 11 is 0. The van der Waals surface area contributed by atoms with E-state index < -0.39 is 38.3 Å². The molecule has 4 atom stereocenters. The molecule has 0 saturated carbocycles. The summed E-state index contributed by atoms with van der Waals surface area (Å²) < 4.78 is 15.3. The van der Waals surface area contributed by atoms with E-state index in [2.05, 4.69) is 4.52 Å². The predicted molar refractivity (Wildman–Crippen MR) is 50.4 cm³/mol. The Balaban J connectivity index is 4.67. The number of hydrogen-bond donors (Lipinski definition) is 4. The highest BCUT2D eigenvalue weighted by molar-refractivity contribution is 7.51. The van der Waals surface area contributed by atoms with E-state index in [1.807, 2.05) is 0 Å². The number of carbonyl (C=O) groups excluding carboxylic acids is 1. The normalized spacial score (nSPS) is 21.5. The van der Waals surface area contributed by atoms with Gasteiger partial charge in [0.25, 0.3) is 0 Å². The fourth-order valence-corrected chi connectivity index (χ4v) is 1.59. The van der Waals surface area contributed by atoms with Gasteiger partial charge in [0.15, 0.2) is 11.9 Å². The summed E-state index contributed by atoms with van der Waals surface area (Å²) in [6, 6.07) is 0. The highest BCUT2D eigenvalue weighted by atomic mass is 31.2. The van der Waals surface area contributed by atoms with E-state index in [9.17, 15) is 14.5 Å². The third-order valence-corrected chi connectivity index (χ3v) is 2.22. The molecule has 0 aliphatic rings. The first-order valence-corrected chi connectivity index (χ1v) is 6.17. The zero-order valence-electron chi connectivity index (χ0n) is 8.40. The number of aliphatic hydroxyl groups excluding tert-OH is 3. The van der Waals surface area contributed by atoms with Gasteiger partial charge in [0.05, 0.1) is 6.61 Å². The number of aliphatic hydroxyl groups is 3. The Morgan fingerprint density at radius 1 is 1.47 bits per heavy atom. The number of ketones is 1. The topological polar surface area (TPSA) is 124 Å². The number of Topliss-reactive ketones (excluding diaryl/α,β-unsaturated/α-hetero) is 1. The van der Waals surface area contributed by atoms with E-state index in [1.54, 1.807) is 0 Å². The van der Waals surface area contributed by atoms with E-state index in [0.29, 0.717) is 0 Å². The van der Waals surface area contributed by atoms with Gasteiger partial charge in [-0.05, 0) is 6.92 Å². The van der Waals surface area contributed by atoms with Crippen molar-refractivity contribution < 1.29 is 34.1 Å². The molecule has 1 unspecified atom stereocenters. The molecule has 0 rings (SSSR count). The van der Waals surface area contributed by atoms with Gasteiger partial charge in [-0.3, -0.25) is 13.9 Å². The van der Waals surface area contributed by atoms with Gasteiger partial charge in [-0.25, -0.2) is 0 Å². The van der Waals surface area contributed by atoms with Gasteiger partial charge in [0, 0.05) is 6.66 Å². The molecule has 4 N–H and O–H groups in total. The average Bonchev–Trinajstić information content (AvgIpc) is 2.10. The molecule has 0 aromatic carbocycles. The molecular formula is C7H15O7P. The lowest BCUT2D eigenvalue weighted by atomic mass is 10.1. The SMILES string of the molecule is CC(=O)[C@H](OP(C)(=O)O)[C@H](O)[C@H](O)CO. The Morgan fingerprint density at radius 2 is 1.93 bits per heavy atom. The molecule has 7 nitrogen and oxygen atoms in total. The zero-order chi connectivity index (χ0) is 12.2. The maximum atomic E-state index is 11.0. The molecular weight excluding hydrogens is 227 g/mol. The van der Waals surface area contributed by atoms with Crippen molar-refractivity contribution in [2.45, 2.75) is 25.2 Å². The smallest absolute Gasteiger partial charge is 0.325 e. The fraction of sp³-hybridized carbons (Fsp3) is 0.857. The van der Waals surface area contributed by atoms with Crippen LogP contribution in [0.3, 0.4) is 0 Å². The third kappa shape index (κ3) is 5.36. The lowest BCUT2D eigenvalue weighted by Gasteiger charge is -2.24. The zero-order valence-corrected chi connectivity index (χ0v) is 9.29. The number of rotatable bonds is 6. The summed E-state index contributed by atoms with van der Waals surface area (Å²) in [4.78, 5) is 19.8. The summed E-state index contributed by atoms with van der Waals surface area (Å²) in [5.41, 5.74) is 0. The summed E-state index contributed by atoms with van der Waals surface area (Å²) in [6.07, 6.45) is -4.98. The lowest BCUT2D eigenvalue weighted by molar-refractivity contribution is -0.135. The minimum atomic E-state index is -3.95. The van der Waals surface area contributed by atoms with Gasteiger partial charge in [-0.1, -0.05) is 0 Å². The average molecular weight is 242 g/mol. The Bertz CT molecular complexity index is 260. The van der Waals surface area contributed by atoms with Crippen LogP contribution in [0.4, 0.5) is 0 Å². The van der Waals surface area contributed by atoms with E-state index in [-0.39, 0.29) is 0 Å². The van der Waals surface area contributed by atoms with Crippen LogP contribution in [0, 0.1) is 0 Å². The van der Waals surface area contributed by atoms with Crippen LogP contribution in [0.1, 0.15) is 6.92 Å². The van der Waals surface area contributed by atoms with Gasteiger partial charge < -0.3 is 20.2 Å². The van der Waals surface area contributed by atoms with Crippen LogP contribution in [0.25, 0.3) is 0 Å². The first kappa shape index (κ1) is 14.7. The maximum Gasteiger partial charge on any atom is 0.325 e. The number of hydrogen-bond acceptors (Lipinski definition) is 6. The van der Waals surface area contributed by atoms with Gasteiger partial charge in [-0.2, -0.15) is 0 Å². The molecule has 0 amide bonds. The van der Waals surface area contributed by atoms with E-state index in [4.69, 9.17) is 15.1 Å².